The van der Waals surface area contributed by atoms with Crippen LogP contribution in [0.15, 0.2) is 0 Å². The molecule has 3 nitrogen and oxygen atoms in total. The van der Waals surface area contributed by atoms with Crippen LogP contribution in [0.1, 0.15) is 39.0 Å². The van der Waals surface area contributed by atoms with Gasteiger partial charge in [-0.15, -0.1) is 0 Å². The zero-order valence-electron chi connectivity index (χ0n) is 10.6. The van der Waals surface area contributed by atoms with Crippen LogP contribution in [0.2, 0.25) is 0 Å². The number of ether oxygens (including phenoxy) is 1. The van der Waals surface area contributed by atoms with Gasteiger partial charge in [-0.1, -0.05) is 19.8 Å². The van der Waals surface area contributed by atoms with Gasteiger partial charge in [0.25, 0.3) is 0 Å². The number of β-amino-alcohol motifs (C(OH)–C–C–N with tert-alkyl or cyclic N) is 1. The van der Waals surface area contributed by atoms with Gasteiger partial charge in [-0.3, -0.25) is 4.90 Å². The number of piperidine rings is 1. The van der Waals surface area contributed by atoms with E-state index in [9.17, 15) is 5.11 Å². The van der Waals surface area contributed by atoms with E-state index in [1.165, 1.54) is 19.3 Å². The van der Waals surface area contributed by atoms with Crippen molar-refractivity contribution in [3.8, 4) is 0 Å². The van der Waals surface area contributed by atoms with E-state index >= 15 is 0 Å². The number of nitrogens with zero attached hydrogens (tertiary/aromatic N) is 1. The molecule has 3 heteroatoms. The van der Waals surface area contributed by atoms with Gasteiger partial charge in [-0.05, 0) is 31.7 Å². The summed E-state index contributed by atoms with van der Waals surface area (Å²) in [7, 11) is 1.80. The molecule has 2 aliphatic rings. The predicted molar refractivity (Wildman–Crippen MR) is 64.4 cm³/mol. The molecule has 0 aromatic carbocycles. The van der Waals surface area contributed by atoms with E-state index in [1.807, 2.05) is 0 Å². The lowest BCUT2D eigenvalue weighted by Gasteiger charge is -2.39. The number of hydrogen-bond acceptors (Lipinski definition) is 3. The first kappa shape index (κ1) is 12.3. The molecule has 16 heavy (non-hydrogen) atoms. The number of hydrogen-bond donors (Lipinski definition) is 1. The molecule has 1 saturated carbocycles. The van der Waals surface area contributed by atoms with E-state index in [2.05, 4.69) is 11.8 Å². The van der Waals surface area contributed by atoms with Gasteiger partial charge < -0.3 is 9.84 Å². The van der Waals surface area contributed by atoms with Crippen LogP contribution in [0.25, 0.3) is 0 Å². The monoisotopic (exact) mass is 227 g/mol. The fourth-order valence-corrected chi connectivity index (χ4v) is 3.16. The van der Waals surface area contributed by atoms with E-state index < -0.39 is 5.60 Å². The lowest BCUT2D eigenvalue weighted by atomic mass is 9.93. The summed E-state index contributed by atoms with van der Waals surface area (Å²) in [5, 5.41) is 10.4. The number of aliphatic hydroxyl groups is 1. The van der Waals surface area contributed by atoms with Gasteiger partial charge in [0.15, 0.2) is 0 Å². The Hall–Kier alpha value is -0.120. The van der Waals surface area contributed by atoms with E-state index in [0.29, 0.717) is 12.0 Å². The SMILES string of the molecule is COC1CN(CC2(O)CCCC2)CCC1C. The van der Waals surface area contributed by atoms with Crippen molar-refractivity contribution in [3.63, 3.8) is 0 Å². The van der Waals surface area contributed by atoms with Crippen molar-refractivity contribution in [1.29, 1.82) is 0 Å². The molecule has 2 fully saturated rings. The van der Waals surface area contributed by atoms with Gasteiger partial charge in [0.05, 0.1) is 11.7 Å². The lowest BCUT2D eigenvalue weighted by Crippen LogP contribution is -2.49. The Labute approximate surface area is 98.8 Å². The molecule has 0 aromatic rings. The van der Waals surface area contributed by atoms with E-state index in [-0.39, 0.29) is 0 Å². The van der Waals surface area contributed by atoms with Crippen LogP contribution in [0.4, 0.5) is 0 Å². The van der Waals surface area contributed by atoms with Crippen LogP contribution in [-0.2, 0) is 4.74 Å². The number of rotatable bonds is 3. The highest BCUT2D eigenvalue weighted by atomic mass is 16.5. The highest BCUT2D eigenvalue weighted by Gasteiger charge is 2.35. The van der Waals surface area contributed by atoms with Gasteiger partial charge in [0.2, 0.25) is 0 Å². The third-order valence-corrected chi connectivity index (χ3v) is 4.33. The minimum absolute atomic E-state index is 0.346. The molecule has 2 atom stereocenters. The molecule has 0 bridgehead atoms. The van der Waals surface area contributed by atoms with E-state index in [1.54, 1.807) is 7.11 Å². The van der Waals surface area contributed by atoms with Crippen LogP contribution < -0.4 is 0 Å². The van der Waals surface area contributed by atoms with Gasteiger partial charge >= 0.3 is 0 Å². The largest absolute Gasteiger partial charge is 0.389 e. The van der Waals surface area contributed by atoms with Gasteiger partial charge in [0, 0.05) is 20.2 Å². The smallest absolute Gasteiger partial charge is 0.0774 e. The Balaban J connectivity index is 1.86. The second-order valence-corrected chi connectivity index (χ2v) is 5.71. The topological polar surface area (TPSA) is 32.7 Å². The van der Waals surface area contributed by atoms with Crippen LogP contribution in [0.3, 0.4) is 0 Å². The standard InChI is InChI=1S/C13H25NO2/c1-11-5-8-14(9-12(11)16-2)10-13(15)6-3-4-7-13/h11-12,15H,3-10H2,1-2H3. The number of methoxy groups -OCH3 is 1. The zero-order chi connectivity index (χ0) is 11.6. The number of likely N-dealkylation sites (tertiary alicyclic amines) is 1. The summed E-state index contributed by atoms with van der Waals surface area (Å²) >= 11 is 0. The van der Waals surface area contributed by atoms with Crippen molar-refractivity contribution in [3.05, 3.63) is 0 Å². The summed E-state index contributed by atoms with van der Waals surface area (Å²) in [6.45, 7) is 5.21. The van der Waals surface area contributed by atoms with Crippen molar-refractivity contribution >= 4 is 0 Å². The average molecular weight is 227 g/mol. The third-order valence-electron chi connectivity index (χ3n) is 4.33. The normalized spacial score (nSPS) is 35.4. The molecule has 0 spiro atoms. The molecule has 1 aliphatic carbocycles. The summed E-state index contributed by atoms with van der Waals surface area (Å²) in [4.78, 5) is 2.39. The summed E-state index contributed by atoms with van der Waals surface area (Å²) in [5.41, 5.74) is -0.404. The molecule has 0 radical (unpaired) electrons. The molecule has 2 unspecified atom stereocenters. The van der Waals surface area contributed by atoms with Crippen LogP contribution in [-0.4, -0.2) is 48.5 Å². The molecule has 0 aromatic heterocycles. The highest BCUT2D eigenvalue weighted by molar-refractivity contribution is 4.90. The first-order chi connectivity index (χ1) is 7.63. The van der Waals surface area contributed by atoms with E-state index in [0.717, 1.165) is 32.5 Å². The van der Waals surface area contributed by atoms with Crippen LogP contribution >= 0.6 is 0 Å². The fourth-order valence-electron chi connectivity index (χ4n) is 3.16. The summed E-state index contributed by atoms with van der Waals surface area (Å²) in [5.74, 6) is 0.652. The third kappa shape index (κ3) is 2.76. The van der Waals surface area contributed by atoms with Gasteiger partial charge in [-0.2, -0.15) is 0 Å². The maximum absolute atomic E-state index is 10.4. The molecule has 2 rings (SSSR count). The minimum Gasteiger partial charge on any atom is -0.389 e. The minimum atomic E-state index is -0.404. The Bertz CT molecular complexity index is 226. The van der Waals surface area contributed by atoms with Crippen molar-refractivity contribution in [1.82, 2.24) is 4.90 Å². The molecular weight excluding hydrogens is 202 g/mol. The Kier molecular flexibility index (Phi) is 3.88. The molecule has 1 aliphatic heterocycles. The molecule has 1 heterocycles. The van der Waals surface area contributed by atoms with Crippen molar-refractivity contribution in [2.75, 3.05) is 26.7 Å². The second kappa shape index (κ2) is 5.03. The average Bonchev–Trinajstić information content (AvgIpc) is 2.68. The first-order valence-corrected chi connectivity index (χ1v) is 6.60. The Morgan fingerprint density at radius 2 is 2.06 bits per heavy atom. The van der Waals surface area contributed by atoms with Crippen molar-refractivity contribution < 1.29 is 9.84 Å². The van der Waals surface area contributed by atoms with Crippen LogP contribution in [0.5, 0.6) is 0 Å². The maximum Gasteiger partial charge on any atom is 0.0774 e. The Morgan fingerprint density at radius 1 is 1.38 bits per heavy atom. The van der Waals surface area contributed by atoms with Crippen LogP contribution in [0, 0.1) is 5.92 Å². The molecule has 1 N–H and O–H groups in total. The molecule has 0 amide bonds. The summed E-state index contributed by atoms with van der Waals surface area (Å²) in [6.07, 6.45) is 5.88. The molecule has 94 valence electrons. The zero-order valence-corrected chi connectivity index (χ0v) is 10.6. The quantitative estimate of drug-likeness (QED) is 0.795. The summed E-state index contributed by atoms with van der Waals surface area (Å²) < 4.78 is 5.51. The lowest BCUT2D eigenvalue weighted by molar-refractivity contribution is -0.0443. The van der Waals surface area contributed by atoms with Crippen molar-refractivity contribution in [2.24, 2.45) is 5.92 Å². The molecular formula is C13H25NO2. The second-order valence-electron chi connectivity index (χ2n) is 5.71. The van der Waals surface area contributed by atoms with E-state index in [4.69, 9.17) is 4.74 Å². The highest BCUT2D eigenvalue weighted by Crippen LogP contribution is 2.31. The van der Waals surface area contributed by atoms with Gasteiger partial charge in [0.1, 0.15) is 0 Å². The van der Waals surface area contributed by atoms with Crippen molar-refractivity contribution in [2.45, 2.75) is 50.7 Å². The predicted octanol–water partition coefficient (Wildman–Crippen LogP) is 1.65. The van der Waals surface area contributed by atoms with Gasteiger partial charge in [-0.25, -0.2) is 0 Å². The Morgan fingerprint density at radius 3 is 2.69 bits per heavy atom. The maximum atomic E-state index is 10.4. The molecule has 1 saturated heterocycles. The first-order valence-electron chi connectivity index (χ1n) is 6.60. The fraction of sp³-hybridized carbons (Fsp3) is 1.00. The summed E-state index contributed by atoms with van der Waals surface area (Å²) in [6, 6.07) is 0.